The molecule has 28 heavy (non-hydrogen) atoms. The van der Waals surface area contributed by atoms with Crippen LogP contribution in [0.2, 0.25) is 0 Å². The normalized spacial score (nSPS) is 10.6. The van der Waals surface area contributed by atoms with Gasteiger partial charge in [0.25, 0.3) is 17.0 Å². The van der Waals surface area contributed by atoms with Crippen LogP contribution in [0.3, 0.4) is 0 Å². The zero-order chi connectivity index (χ0) is 19.9. The summed E-state index contributed by atoms with van der Waals surface area (Å²) in [5.41, 5.74) is -0.175. The van der Waals surface area contributed by atoms with Crippen molar-refractivity contribution in [3.63, 3.8) is 0 Å². The van der Waals surface area contributed by atoms with Crippen molar-refractivity contribution in [1.82, 2.24) is 20.4 Å². The molecule has 0 aliphatic carbocycles. The second-order valence-electron chi connectivity index (χ2n) is 6.17. The minimum absolute atomic E-state index is 0.0286. The molecule has 3 rings (SSSR count). The molecule has 8 nitrogen and oxygen atoms in total. The first-order valence-electron chi connectivity index (χ1n) is 8.88. The summed E-state index contributed by atoms with van der Waals surface area (Å²) >= 11 is 0. The number of H-pyrrole nitrogens is 1. The molecule has 0 spiro atoms. The van der Waals surface area contributed by atoms with E-state index in [1.165, 1.54) is 0 Å². The molecule has 2 amide bonds. The van der Waals surface area contributed by atoms with Gasteiger partial charge in [-0.05, 0) is 24.3 Å². The van der Waals surface area contributed by atoms with Crippen molar-refractivity contribution >= 4 is 22.6 Å². The van der Waals surface area contributed by atoms with Crippen LogP contribution in [0.1, 0.15) is 16.8 Å². The Labute approximate surface area is 160 Å². The van der Waals surface area contributed by atoms with E-state index in [4.69, 9.17) is 0 Å². The van der Waals surface area contributed by atoms with Crippen LogP contribution in [0, 0.1) is 0 Å². The number of benzene rings is 2. The Hall–Kier alpha value is -3.68. The predicted octanol–water partition coefficient (Wildman–Crippen LogP) is 0.626. The Balaban J connectivity index is 1.48. The third-order valence-electron chi connectivity index (χ3n) is 4.21. The summed E-state index contributed by atoms with van der Waals surface area (Å²) in [5.74, 6) is -0.495. The van der Waals surface area contributed by atoms with Crippen molar-refractivity contribution in [2.45, 2.75) is 13.0 Å². The molecule has 3 aromatic rings. The van der Waals surface area contributed by atoms with E-state index in [1.807, 2.05) is 6.07 Å². The number of aromatic nitrogens is 2. The Kier molecular flexibility index (Phi) is 6.01. The Bertz CT molecular complexity index is 1100. The summed E-state index contributed by atoms with van der Waals surface area (Å²) in [4.78, 5) is 48.2. The Morgan fingerprint density at radius 2 is 1.50 bits per heavy atom. The molecule has 0 aliphatic rings. The summed E-state index contributed by atoms with van der Waals surface area (Å²) in [6, 6.07) is 15.3. The van der Waals surface area contributed by atoms with E-state index in [0.717, 1.165) is 4.68 Å². The lowest BCUT2D eigenvalue weighted by Crippen LogP contribution is -2.36. The van der Waals surface area contributed by atoms with Gasteiger partial charge in [-0.15, -0.1) is 0 Å². The van der Waals surface area contributed by atoms with Crippen LogP contribution in [0.5, 0.6) is 0 Å². The number of amides is 2. The second-order valence-corrected chi connectivity index (χ2v) is 6.17. The van der Waals surface area contributed by atoms with Crippen LogP contribution in [0.25, 0.3) is 10.8 Å². The highest BCUT2D eigenvalue weighted by atomic mass is 16.2. The summed E-state index contributed by atoms with van der Waals surface area (Å²) in [7, 11) is 0. The second kappa shape index (κ2) is 8.81. The quantitative estimate of drug-likeness (QED) is 0.522. The lowest BCUT2D eigenvalue weighted by molar-refractivity contribution is -0.121. The van der Waals surface area contributed by atoms with Crippen molar-refractivity contribution < 1.29 is 9.59 Å². The average molecular weight is 380 g/mol. The highest BCUT2D eigenvalue weighted by molar-refractivity contribution is 5.94. The number of nitrogens with zero attached hydrogens (tertiary/aromatic N) is 1. The molecular weight excluding hydrogens is 360 g/mol. The van der Waals surface area contributed by atoms with Gasteiger partial charge in [-0.3, -0.25) is 24.3 Å². The largest absolute Gasteiger partial charge is 0.354 e. The molecular formula is C20H20N4O4. The Morgan fingerprint density at radius 1 is 0.857 bits per heavy atom. The minimum Gasteiger partial charge on any atom is -0.354 e. The molecule has 1 heterocycles. The molecule has 1 aromatic heterocycles. The smallest absolute Gasteiger partial charge is 0.273 e. The Morgan fingerprint density at radius 3 is 2.25 bits per heavy atom. The maximum atomic E-state index is 12.4. The molecule has 0 radical (unpaired) electrons. The summed E-state index contributed by atoms with van der Waals surface area (Å²) in [6.45, 7) is 0.605. The molecule has 0 saturated heterocycles. The minimum atomic E-state index is -0.376. The van der Waals surface area contributed by atoms with Crippen LogP contribution in [0.4, 0.5) is 0 Å². The molecule has 144 valence electrons. The SMILES string of the molecule is O=C(CCn1[nH]c(=O)c2ccccc2c1=O)NCCNC(=O)c1ccccc1. The maximum Gasteiger partial charge on any atom is 0.273 e. The van der Waals surface area contributed by atoms with E-state index in [9.17, 15) is 19.2 Å². The first-order valence-corrected chi connectivity index (χ1v) is 8.88. The number of fused-ring (bicyclic) bond motifs is 1. The predicted molar refractivity (Wildman–Crippen MR) is 105 cm³/mol. The number of aromatic amines is 1. The number of hydrogen-bond donors (Lipinski definition) is 3. The van der Waals surface area contributed by atoms with Crippen molar-refractivity contribution in [3.05, 3.63) is 80.9 Å². The zero-order valence-electron chi connectivity index (χ0n) is 15.1. The number of hydrogen-bond acceptors (Lipinski definition) is 4. The third-order valence-corrected chi connectivity index (χ3v) is 4.21. The molecule has 2 aromatic carbocycles. The van der Waals surface area contributed by atoms with Crippen LogP contribution in [-0.4, -0.2) is 34.7 Å². The standard InChI is InChI=1S/C20H20N4O4/c25-17(21-11-12-22-18(26)14-6-2-1-3-7-14)10-13-24-20(28)16-9-5-4-8-15(16)19(27)23-24/h1-9H,10-13H2,(H,21,25)(H,22,26)(H,23,27). The van der Waals surface area contributed by atoms with Gasteiger partial charge < -0.3 is 10.6 Å². The highest BCUT2D eigenvalue weighted by Gasteiger charge is 2.09. The summed E-state index contributed by atoms with van der Waals surface area (Å²) < 4.78 is 1.14. The first kappa shape index (κ1) is 19.1. The van der Waals surface area contributed by atoms with E-state index < -0.39 is 0 Å². The van der Waals surface area contributed by atoms with Crippen LogP contribution in [0.15, 0.2) is 64.2 Å². The van der Waals surface area contributed by atoms with Crippen molar-refractivity contribution in [2.75, 3.05) is 13.1 Å². The van der Waals surface area contributed by atoms with E-state index in [0.29, 0.717) is 16.3 Å². The van der Waals surface area contributed by atoms with Gasteiger partial charge in [0.1, 0.15) is 0 Å². The van der Waals surface area contributed by atoms with Gasteiger partial charge >= 0.3 is 0 Å². The van der Waals surface area contributed by atoms with Gasteiger partial charge in [0.2, 0.25) is 5.91 Å². The van der Waals surface area contributed by atoms with E-state index in [-0.39, 0.29) is 49.0 Å². The molecule has 0 atom stereocenters. The number of aryl methyl sites for hydroxylation is 1. The van der Waals surface area contributed by atoms with Crippen molar-refractivity contribution in [1.29, 1.82) is 0 Å². The molecule has 0 unspecified atom stereocenters. The molecule has 3 N–H and O–H groups in total. The van der Waals surface area contributed by atoms with Crippen LogP contribution < -0.4 is 21.8 Å². The van der Waals surface area contributed by atoms with Gasteiger partial charge in [-0.25, -0.2) is 4.68 Å². The topological polar surface area (TPSA) is 113 Å². The van der Waals surface area contributed by atoms with Crippen LogP contribution >= 0.6 is 0 Å². The van der Waals surface area contributed by atoms with E-state index >= 15 is 0 Å². The van der Waals surface area contributed by atoms with Gasteiger partial charge in [-0.1, -0.05) is 30.3 Å². The number of nitrogens with one attached hydrogen (secondary N) is 3. The molecule has 8 heteroatoms. The number of carbonyl (C=O) groups is 2. The fraction of sp³-hybridized carbons (Fsp3) is 0.200. The third kappa shape index (κ3) is 4.53. The van der Waals surface area contributed by atoms with Gasteiger partial charge in [0.15, 0.2) is 0 Å². The van der Waals surface area contributed by atoms with Crippen molar-refractivity contribution in [3.8, 4) is 0 Å². The fourth-order valence-corrected chi connectivity index (χ4v) is 2.78. The molecule has 0 aliphatic heterocycles. The van der Waals surface area contributed by atoms with Gasteiger partial charge in [0.05, 0.1) is 17.3 Å². The molecule has 0 fully saturated rings. The summed E-state index contributed by atoms with van der Waals surface area (Å²) in [5, 5.41) is 8.50. The fourth-order valence-electron chi connectivity index (χ4n) is 2.78. The maximum absolute atomic E-state index is 12.4. The number of carbonyl (C=O) groups excluding carboxylic acids is 2. The summed E-state index contributed by atoms with van der Waals surface area (Å²) in [6.07, 6.45) is 0.0286. The van der Waals surface area contributed by atoms with E-state index in [1.54, 1.807) is 48.5 Å². The molecule has 0 saturated carbocycles. The van der Waals surface area contributed by atoms with Gasteiger partial charge in [-0.2, -0.15) is 0 Å². The van der Waals surface area contributed by atoms with E-state index in [2.05, 4.69) is 15.7 Å². The highest BCUT2D eigenvalue weighted by Crippen LogP contribution is 2.02. The first-order chi connectivity index (χ1) is 13.6. The van der Waals surface area contributed by atoms with Gasteiger partial charge in [0, 0.05) is 25.1 Å². The zero-order valence-corrected chi connectivity index (χ0v) is 15.1. The van der Waals surface area contributed by atoms with Crippen LogP contribution in [-0.2, 0) is 11.3 Å². The number of rotatable bonds is 7. The lowest BCUT2D eigenvalue weighted by atomic mass is 10.2. The average Bonchev–Trinajstić information content (AvgIpc) is 2.73. The van der Waals surface area contributed by atoms with Crippen molar-refractivity contribution in [2.24, 2.45) is 0 Å². The monoisotopic (exact) mass is 380 g/mol. The lowest BCUT2D eigenvalue weighted by Gasteiger charge is -2.09. The molecule has 0 bridgehead atoms.